The number of ether oxygens (including phenoxy) is 1. The molecule has 122 valence electrons. The number of nitrogens with two attached hydrogens (primary N) is 1. The van der Waals surface area contributed by atoms with Gasteiger partial charge in [-0.3, -0.25) is 4.79 Å². The second-order valence-electron chi connectivity index (χ2n) is 5.44. The lowest BCUT2D eigenvalue weighted by atomic mass is 10.2. The van der Waals surface area contributed by atoms with E-state index < -0.39 is 0 Å². The summed E-state index contributed by atoms with van der Waals surface area (Å²) < 4.78 is 5.62. The molecule has 4 heteroatoms. The molecule has 0 heterocycles. The minimum atomic E-state index is -0.0812. The lowest BCUT2D eigenvalue weighted by Crippen LogP contribution is -2.24. The van der Waals surface area contributed by atoms with E-state index in [1.54, 1.807) is 24.3 Å². The van der Waals surface area contributed by atoms with Crippen molar-refractivity contribution in [3.8, 4) is 0 Å². The van der Waals surface area contributed by atoms with Gasteiger partial charge >= 0.3 is 0 Å². The van der Waals surface area contributed by atoms with E-state index in [9.17, 15) is 4.79 Å². The van der Waals surface area contributed by atoms with Gasteiger partial charge in [0.2, 0.25) is 0 Å². The summed E-state index contributed by atoms with van der Waals surface area (Å²) in [5.74, 6) is -0.0812. The Morgan fingerprint density at radius 3 is 2.61 bits per heavy atom. The molecule has 3 N–H and O–H groups in total. The summed E-state index contributed by atoms with van der Waals surface area (Å²) in [7, 11) is 0. The summed E-state index contributed by atoms with van der Waals surface area (Å²) in [5, 5.41) is 2.89. The molecule has 0 radical (unpaired) electrons. The second kappa shape index (κ2) is 9.64. The zero-order chi connectivity index (χ0) is 16.3. The Balaban J connectivity index is 1.50. The van der Waals surface area contributed by atoms with Crippen LogP contribution in [0.15, 0.2) is 54.6 Å². The largest absolute Gasteiger partial charge is 0.399 e. The van der Waals surface area contributed by atoms with Gasteiger partial charge in [-0.2, -0.15) is 0 Å². The molecule has 0 aromatic heterocycles. The molecule has 0 aliphatic heterocycles. The molecule has 0 aliphatic rings. The summed E-state index contributed by atoms with van der Waals surface area (Å²) in [6.07, 6.45) is 2.78. The lowest BCUT2D eigenvalue weighted by molar-refractivity contribution is 0.0949. The molecule has 0 aliphatic carbocycles. The number of nitrogens with one attached hydrogen (secondary N) is 1. The van der Waals surface area contributed by atoms with Gasteiger partial charge in [-0.25, -0.2) is 0 Å². The quantitative estimate of drug-likeness (QED) is 0.552. The van der Waals surface area contributed by atoms with E-state index >= 15 is 0 Å². The summed E-state index contributed by atoms with van der Waals surface area (Å²) >= 11 is 0. The van der Waals surface area contributed by atoms with Crippen molar-refractivity contribution in [3.05, 3.63) is 65.7 Å². The molecule has 0 saturated carbocycles. The number of carbonyl (C=O) groups excluding carboxylic acids is 1. The van der Waals surface area contributed by atoms with Gasteiger partial charge in [0.15, 0.2) is 0 Å². The fourth-order valence-electron chi connectivity index (χ4n) is 2.25. The summed E-state index contributed by atoms with van der Waals surface area (Å²) in [5.41, 5.74) is 8.16. The molecule has 0 atom stereocenters. The van der Waals surface area contributed by atoms with Crippen molar-refractivity contribution < 1.29 is 9.53 Å². The second-order valence-corrected chi connectivity index (χ2v) is 5.44. The predicted octanol–water partition coefficient (Wildman–Crippen LogP) is 3.04. The van der Waals surface area contributed by atoms with E-state index in [0.717, 1.165) is 32.5 Å². The van der Waals surface area contributed by atoms with Crippen LogP contribution < -0.4 is 11.1 Å². The third-order valence-electron chi connectivity index (χ3n) is 3.53. The Kier molecular flexibility index (Phi) is 7.14. The standard InChI is InChI=1S/C19H24N2O2/c20-18-10-6-9-17(15-18)19(22)21-12-4-5-13-23-14-11-16-7-2-1-3-8-16/h1-3,6-10,15H,4-5,11-14,20H2,(H,21,22). The van der Waals surface area contributed by atoms with Gasteiger partial charge in [0.25, 0.3) is 5.91 Å². The molecule has 2 aromatic carbocycles. The first-order chi connectivity index (χ1) is 11.3. The molecule has 0 bridgehead atoms. The van der Waals surface area contributed by atoms with Crippen molar-refractivity contribution in [2.45, 2.75) is 19.3 Å². The van der Waals surface area contributed by atoms with Crippen LogP contribution in [0.4, 0.5) is 5.69 Å². The molecule has 2 rings (SSSR count). The molecule has 0 fully saturated rings. The molecule has 1 amide bonds. The van der Waals surface area contributed by atoms with Gasteiger partial charge in [-0.15, -0.1) is 0 Å². The molecule has 23 heavy (non-hydrogen) atoms. The molecule has 4 nitrogen and oxygen atoms in total. The molecule has 2 aromatic rings. The number of hydrogen-bond donors (Lipinski definition) is 2. The fourth-order valence-corrected chi connectivity index (χ4v) is 2.25. The highest BCUT2D eigenvalue weighted by molar-refractivity contribution is 5.94. The maximum absolute atomic E-state index is 11.9. The molecule has 0 saturated heterocycles. The van der Waals surface area contributed by atoms with Crippen molar-refractivity contribution in [3.63, 3.8) is 0 Å². The van der Waals surface area contributed by atoms with Crippen LogP contribution in [0.1, 0.15) is 28.8 Å². The Hall–Kier alpha value is -2.33. The zero-order valence-electron chi connectivity index (χ0n) is 13.3. The van der Waals surface area contributed by atoms with Gasteiger partial charge in [0, 0.05) is 24.4 Å². The third-order valence-corrected chi connectivity index (χ3v) is 3.53. The first-order valence-electron chi connectivity index (χ1n) is 8.01. The Bertz CT molecular complexity index is 599. The van der Waals surface area contributed by atoms with Crippen LogP contribution in [0.3, 0.4) is 0 Å². The Labute approximate surface area is 137 Å². The van der Waals surface area contributed by atoms with Crippen LogP contribution in [0.5, 0.6) is 0 Å². The van der Waals surface area contributed by atoms with Crippen LogP contribution >= 0.6 is 0 Å². The normalized spacial score (nSPS) is 10.4. The highest BCUT2D eigenvalue weighted by Gasteiger charge is 2.04. The van der Waals surface area contributed by atoms with E-state index in [4.69, 9.17) is 10.5 Å². The van der Waals surface area contributed by atoms with Crippen molar-refractivity contribution in [1.82, 2.24) is 5.32 Å². The maximum Gasteiger partial charge on any atom is 0.251 e. The van der Waals surface area contributed by atoms with Crippen molar-refractivity contribution in [1.29, 1.82) is 0 Å². The van der Waals surface area contributed by atoms with E-state index in [1.807, 2.05) is 18.2 Å². The van der Waals surface area contributed by atoms with E-state index in [-0.39, 0.29) is 5.91 Å². The number of hydrogen-bond acceptors (Lipinski definition) is 3. The smallest absolute Gasteiger partial charge is 0.251 e. The SMILES string of the molecule is Nc1cccc(C(=O)NCCCCOCCc2ccccc2)c1. The lowest BCUT2D eigenvalue weighted by Gasteiger charge is -2.07. The number of nitrogen functional groups attached to an aromatic ring is 1. The molecular formula is C19H24N2O2. The van der Waals surface area contributed by atoms with Gasteiger partial charge in [0.05, 0.1) is 6.61 Å². The van der Waals surface area contributed by atoms with Gasteiger partial charge in [0.1, 0.15) is 0 Å². The first-order valence-corrected chi connectivity index (χ1v) is 8.01. The van der Waals surface area contributed by atoms with Gasteiger partial charge in [-0.1, -0.05) is 36.4 Å². The number of amides is 1. The van der Waals surface area contributed by atoms with Crippen LogP contribution in [-0.2, 0) is 11.2 Å². The summed E-state index contributed by atoms with van der Waals surface area (Å²) in [6.45, 7) is 2.11. The van der Waals surface area contributed by atoms with Gasteiger partial charge < -0.3 is 15.8 Å². The Morgan fingerprint density at radius 2 is 1.83 bits per heavy atom. The molecule has 0 spiro atoms. The summed E-state index contributed by atoms with van der Waals surface area (Å²) in [4.78, 5) is 11.9. The van der Waals surface area contributed by atoms with Crippen LogP contribution in [-0.4, -0.2) is 25.7 Å². The highest BCUT2D eigenvalue weighted by Crippen LogP contribution is 2.06. The topological polar surface area (TPSA) is 64.4 Å². The van der Waals surface area contributed by atoms with Crippen molar-refractivity contribution in [2.75, 3.05) is 25.5 Å². The molecular weight excluding hydrogens is 288 g/mol. The van der Waals surface area contributed by atoms with Gasteiger partial charge in [-0.05, 0) is 43.0 Å². The average Bonchev–Trinajstić information content (AvgIpc) is 2.58. The predicted molar refractivity (Wildman–Crippen MR) is 93.4 cm³/mol. The van der Waals surface area contributed by atoms with E-state index in [0.29, 0.717) is 17.8 Å². The first kappa shape index (κ1) is 17.0. The van der Waals surface area contributed by atoms with Crippen molar-refractivity contribution in [2.24, 2.45) is 0 Å². The number of anilines is 1. The average molecular weight is 312 g/mol. The fraction of sp³-hybridized carbons (Fsp3) is 0.316. The van der Waals surface area contributed by atoms with E-state index in [2.05, 4.69) is 17.4 Å². The minimum Gasteiger partial charge on any atom is -0.399 e. The number of benzene rings is 2. The number of rotatable bonds is 9. The summed E-state index contributed by atoms with van der Waals surface area (Å²) in [6, 6.07) is 17.3. The number of carbonyl (C=O) groups is 1. The van der Waals surface area contributed by atoms with E-state index in [1.165, 1.54) is 5.56 Å². The van der Waals surface area contributed by atoms with Crippen LogP contribution in [0.2, 0.25) is 0 Å². The maximum atomic E-state index is 11.9. The number of unbranched alkanes of at least 4 members (excludes halogenated alkanes) is 1. The van der Waals surface area contributed by atoms with Crippen LogP contribution in [0.25, 0.3) is 0 Å². The molecule has 0 unspecified atom stereocenters. The van der Waals surface area contributed by atoms with Crippen molar-refractivity contribution >= 4 is 11.6 Å². The zero-order valence-corrected chi connectivity index (χ0v) is 13.3. The third kappa shape index (κ3) is 6.53. The van der Waals surface area contributed by atoms with Crippen LogP contribution in [0, 0.1) is 0 Å². The highest BCUT2D eigenvalue weighted by atomic mass is 16.5. The minimum absolute atomic E-state index is 0.0812. The monoisotopic (exact) mass is 312 g/mol. The Morgan fingerprint density at radius 1 is 1.00 bits per heavy atom.